The molecule has 150 valence electrons. The van der Waals surface area contributed by atoms with Crippen LogP contribution in [-0.2, 0) is 10.0 Å². The highest BCUT2D eigenvalue weighted by Gasteiger charge is 2.20. The van der Waals surface area contributed by atoms with Crippen molar-refractivity contribution in [2.45, 2.75) is 11.8 Å². The Kier molecular flexibility index (Phi) is 5.74. The number of anilines is 1. The molecule has 0 aliphatic carbocycles. The van der Waals surface area contributed by atoms with E-state index in [0.717, 1.165) is 5.56 Å². The van der Waals surface area contributed by atoms with Gasteiger partial charge in [-0.1, -0.05) is 36.4 Å². The number of phenols is 1. The van der Waals surface area contributed by atoms with E-state index in [4.69, 9.17) is 9.84 Å². The molecule has 0 aliphatic rings. The van der Waals surface area contributed by atoms with Gasteiger partial charge >= 0.3 is 5.97 Å². The van der Waals surface area contributed by atoms with E-state index in [0.29, 0.717) is 17.9 Å². The molecule has 0 saturated carbocycles. The van der Waals surface area contributed by atoms with Crippen LogP contribution in [0.4, 0.5) is 5.69 Å². The van der Waals surface area contributed by atoms with Crippen LogP contribution in [0.3, 0.4) is 0 Å². The zero-order valence-electron chi connectivity index (χ0n) is 15.5. The average molecular weight is 413 g/mol. The Labute approximate surface area is 168 Å². The number of benzene rings is 3. The molecule has 3 N–H and O–H groups in total. The van der Waals surface area contributed by atoms with Gasteiger partial charge in [-0.25, -0.2) is 13.2 Å². The van der Waals surface area contributed by atoms with E-state index in [2.05, 4.69) is 4.72 Å². The van der Waals surface area contributed by atoms with Crippen molar-refractivity contribution in [3.63, 3.8) is 0 Å². The molecule has 3 aromatic carbocycles. The number of hydrogen-bond acceptors (Lipinski definition) is 5. The third kappa shape index (κ3) is 4.33. The minimum absolute atomic E-state index is 0.0403. The van der Waals surface area contributed by atoms with Crippen LogP contribution in [0.2, 0.25) is 0 Å². The van der Waals surface area contributed by atoms with Gasteiger partial charge in [-0.05, 0) is 42.8 Å². The Morgan fingerprint density at radius 2 is 1.76 bits per heavy atom. The lowest BCUT2D eigenvalue weighted by molar-refractivity contribution is 0.0694. The summed E-state index contributed by atoms with van der Waals surface area (Å²) in [5.74, 6) is -1.39. The lowest BCUT2D eigenvalue weighted by Crippen LogP contribution is -2.14. The highest BCUT2D eigenvalue weighted by molar-refractivity contribution is 7.92. The summed E-state index contributed by atoms with van der Waals surface area (Å²) in [6, 6.07) is 17.3. The van der Waals surface area contributed by atoms with E-state index in [9.17, 15) is 18.3 Å². The molecule has 3 aromatic rings. The maximum atomic E-state index is 12.8. The number of carboxylic acid groups (broad SMARTS) is 1. The van der Waals surface area contributed by atoms with Gasteiger partial charge in [0.25, 0.3) is 10.0 Å². The SMILES string of the molecule is CCOc1ccccc1-c1cccc(S(=O)(=O)Nc2cccc(C(=O)O)c2O)c1. The standard InChI is InChI=1S/C21H19NO6S/c1-2-28-19-12-4-3-9-16(19)14-7-5-8-15(13-14)29(26,27)22-18-11-6-10-17(20(18)23)21(24)25/h3-13,22-23H,2H2,1H3,(H,24,25). The number of aromatic hydroxyl groups is 1. The van der Waals surface area contributed by atoms with Crippen LogP contribution < -0.4 is 9.46 Å². The first-order valence-electron chi connectivity index (χ1n) is 8.74. The molecule has 0 unspecified atom stereocenters. The zero-order valence-corrected chi connectivity index (χ0v) is 16.3. The van der Waals surface area contributed by atoms with Crippen molar-refractivity contribution in [1.82, 2.24) is 0 Å². The molecule has 29 heavy (non-hydrogen) atoms. The number of nitrogens with one attached hydrogen (secondary N) is 1. The predicted octanol–water partition coefficient (Wildman–Crippen LogP) is 3.96. The second-order valence-corrected chi connectivity index (χ2v) is 7.75. The van der Waals surface area contributed by atoms with Crippen LogP contribution >= 0.6 is 0 Å². The second kappa shape index (κ2) is 8.24. The van der Waals surface area contributed by atoms with Crippen molar-refractivity contribution < 1.29 is 28.2 Å². The summed E-state index contributed by atoms with van der Waals surface area (Å²) < 4.78 is 33.5. The van der Waals surface area contributed by atoms with Crippen LogP contribution in [0.15, 0.2) is 71.6 Å². The molecule has 0 spiro atoms. The summed E-state index contributed by atoms with van der Waals surface area (Å²) in [5, 5.41) is 19.2. The summed E-state index contributed by atoms with van der Waals surface area (Å²) >= 11 is 0. The molecule has 0 heterocycles. The number of carbonyl (C=O) groups is 1. The van der Waals surface area contributed by atoms with Gasteiger partial charge in [-0.3, -0.25) is 4.72 Å². The molecule has 3 rings (SSSR count). The second-order valence-electron chi connectivity index (χ2n) is 6.07. The van der Waals surface area contributed by atoms with Crippen molar-refractivity contribution in [3.8, 4) is 22.6 Å². The Balaban J connectivity index is 1.99. The number of carboxylic acids is 1. The van der Waals surface area contributed by atoms with Crippen molar-refractivity contribution >= 4 is 21.7 Å². The molecule has 0 bridgehead atoms. The van der Waals surface area contributed by atoms with Crippen molar-refractivity contribution in [1.29, 1.82) is 0 Å². The van der Waals surface area contributed by atoms with Gasteiger partial charge in [0, 0.05) is 5.56 Å². The van der Waals surface area contributed by atoms with E-state index in [1.807, 2.05) is 25.1 Å². The highest BCUT2D eigenvalue weighted by Crippen LogP contribution is 2.33. The highest BCUT2D eigenvalue weighted by atomic mass is 32.2. The summed E-state index contributed by atoms with van der Waals surface area (Å²) in [4.78, 5) is 11.1. The fraction of sp³-hybridized carbons (Fsp3) is 0.0952. The Hall–Kier alpha value is -3.52. The van der Waals surface area contributed by atoms with E-state index in [1.165, 1.54) is 30.3 Å². The molecule has 0 amide bonds. The third-order valence-electron chi connectivity index (χ3n) is 4.15. The molecule has 0 atom stereocenters. The van der Waals surface area contributed by atoms with Gasteiger partial charge in [0.15, 0.2) is 5.75 Å². The summed E-state index contributed by atoms with van der Waals surface area (Å²) in [6.07, 6.45) is 0. The van der Waals surface area contributed by atoms with Crippen LogP contribution in [0, 0.1) is 0 Å². The Bertz CT molecular complexity index is 1160. The van der Waals surface area contributed by atoms with Gasteiger partial charge in [0.05, 0.1) is 17.2 Å². The fourth-order valence-corrected chi connectivity index (χ4v) is 3.93. The van der Waals surface area contributed by atoms with E-state index in [-0.39, 0.29) is 10.6 Å². The first-order valence-corrected chi connectivity index (χ1v) is 10.2. The van der Waals surface area contributed by atoms with Crippen LogP contribution in [0.25, 0.3) is 11.1 Å². The maximum absolute atomic E-state index is 12.8. The first-order chi connectivity index (χ1) is 13.8. The minimum Gasteiger partial charge on any atom is -0.505 e. The van der Waals surface area contributed by atoms with Crippen LogP contribution in [-0.4, -0.2) is 31.2 Å². The van der Waals surface area contributed by atoms with Crippen molar-refractivity contribution in [3.05, 3.63) is 72.3 Å². The van der Waals surface area contributed by atoms with Crippen molar-refractivity contribution in [2.24, 2.45) is 0 Å². The Morgan fingerprint density at radius 3 is 2.48 bits per heavy atom. The Morgan fingerprint density at radius 1 is 1.03 bits per heavy atom. The topological polar surface area (TPSA) is 113 Å². The molecular weight excluding hydrogens is 394 g/mol. The number of hydrogen-bond donors (Lipinski definition) is 3. The lowest BCUT2D eigenvalue weighted by atomic mass is 10.0. The van der Waals surface area contributed by atoms with Crippen LogP contribution in [0.1, 0.15) is 17.3 Å². The average Bonchev–Trinajstić information content (AvgIpc) is 2.70. The summed E-state index contributed by atoms with van der Waals surface area (Å²) in [6.45, 7) is 2.33. The molecule has 0 saturated heterocycles. The molecular formula is C21H19NO6S. The molecule has 0 radical (unpaired) electrons. The third-order valence-corrected chi connectivity index (χ3v) is 5.52. The lowest BCUT2D eigenvalue weighted by Gasteiger charge is -2.13. The number of sulfonamides is 1. The fourth-order valence-electron chi connectivity index (χ4n) is 2.82. The largest absolute Gasteiger partial charge is 0.505 e. The maximum Gasteiger partial charge on any atom is 0.339 e. The molecule has 0 fully saturated rings. The quantitative estimate of drug-likeness (QED) is 0.506. The monoisotopic (exact) mass is 413 g/mol. The van der Waals surface area contributed by atoms with Gasteiger partial charge in [-0.2, -0.15) is 0 Å². The molecule has 7 nitrogen and oxygen atoms in total. The number of aromatic carboxylic acids is 1. The predicted molar refractivity (Wildman–Crippen MR) is 109 cm³/mol. The van der Waals surface area contributed by atoms with Crippen molar-refractivity contribution in [2.75, 3.05) is 11.3 Å². The first kappa shape index (κ1) is 20.2. The van der Waals surface area contributed by atoms with E-state index < -0.39 is 27.3 Å². The van der Waals surface area contributed by atoms with E-state index in [1.54, 1.807) is 18.2 Å². The van der Waals surface area contributed by atoms with Crippen LogP contribution in [0.5, 0.6) is 11.5 Å². The normalized spacial score (nSPS) is 11.1. The molecule has 0 aromatic heterocycles. The smallest absolute Gasteiger partial charge is 0.339 e. The summed E-state index contributed by atoms with van der Waals surface area (Å²) in [7, 11) is -4.08. The number of para-hydroxylation sites is 2. The number of rotatable bonds is 7. The van der Waals surface area contributed by atoms with Gasteiger partial charge in [-0.15, -0.1) is 0 Å². The van der Waals surface area contributed by atoms with Gasteiger partial charge in [0.1, 0.15) is 11.3 Å². The van der Waals surface area contributed by atoms with Gasteiger partial charge < -0.3 is 14.9 Å². The molecule has 8 heteroatoms. The van der Waals surface area contributed by atoms with E-state index >= 15 is 0 Å². The number of ether oxygens (including phenoxy) is 1. The molecule has 0 aliphatic heterocycles. The zero-order chi connectivity index (χ0) is 21.0. The van der Waals surface area contributed by atoms with Gasteiger partial charge in [0.2, 0.25) is 0 Å². The summed E-state index contributed by atoms with van der Waals surface area (Å²) in [5.41, 5.74) is 0.761. The minimum atomic E-state index is -4.08.